The number of carbonyl (C=O) groups excluding carboxylic acids is 2. The first-order valence-corrected chi connectivity index (χ1v) is 8.60. The van der Waals surface area contributed by atoms with Gasteiger partial charge in [-0.3, -0.25) is 14.7 Å². The Morgan fingerprint density at radius 1 is 1.18 bits per heavy atom. The summed E-state index contributed by atoms with van der Waals surface area (Å²) in [5, 5.41) is 0. The van der Waals surface area contributed by atoms with Crippen LogP contribution in [-0.2, 0) is 4.79 Å². The average Bonchev–Trinajstić information content (AvgIpc) is 3.23. The zero-order valence-corrected chi connectivity index (χ0v) is 15.0. The lowest BCUT2D eigenvalue weighted by Crippen LogP contribution is -2.39. The first kappa shape index (κ1) is 18.3. The van der Waals surface area contributed by atoms with E-state index in [1.54, 1.807) is 25.4 Å². The van der Waals surface area contributed by atoms with Crippen molar-refractivity contribution in [3.8, 4) is 5.75 Å². The normalized spacial score (nSPS) is 24.2. The maximum absolute atomic E-state index is 13.2. The number of benzene rings is 1. The summed E-state index contributed by atoms with van der Waals surface area (Å²) in [5.74, 6) is -0.841. The summed E-state index contributed by atoms with van der Waals surface area (Å²) in [6, 6.07) is 5.82. The van der Waals surface area contributed by atoms with Gasteiger partial charge in [0.25, 0.3) is 5.91 Å². The van der Waals surface area contributed by atoms with Crippen LogP contribution in [0.25, 0.3) is 0 Å². The molecule has 1 aromatic heterocycles. The zero-order chi connectivity index (χ0) is 20.3. The summed E-state index contributed by atoms with van der Waals surface area (Å²) in [6.45, 7) is 3.69. The number of ether oxygens (including phenoxy) is 1. The molecule has 0 bridgehead atoms. The van der Waals surface area contributed by atoms with Gasteiger partial charge in [0.2, 0.25) is 0 Å². The molecule has 2 unspecified atom stereocenters. The number of amides is 3. The molecule has 2 aliphatic rings. The number of rotatable bonds is 3. The van der Waals surface area contributed by atoms with E-state index in [1.807, 2.05) is 6.92 Å². The number of alkyl halides is 3. The fraction of sp³-hybridized carbons (Fsp3) is 0.316. The highest BCUT2D eigenvalue weighted by atomic mass is 19.4. The van der Waals surface area contributed by atoms with Gasteiger partial charge < -0.3 is 4.74 Å². The Labute approximate surface area is 158 Å². The second-order valence-corrected chi connectivity index (χ2v) is 6.99. The van der Waals surface area contributed by atoms with Crippen LogP contribution in [0.2, 0.25) is 0 Å². The van der Waals surface area contributed by atoms with Crippen molar-refractivity contribution in [3.05, 3.63) is 48.3 Å². The number of aryl methyl sites for hydroxylation is 1. The van der Waals surface area contributed by atoms with Gasteiger partial charge >= 0.3 is 12.4 Å². The number of pyridine rings is 1. The molecular formula is C19H16F3N3O3. The van der Waals surface area contributed by atoms with Gasteiger partial charge in [-0.25, -0.2) is 9.69 Å². The lowest BCUT2D eigenvalue weighted by molar-refractivity contribution is -0.274. The Kier molecular flexibility index (Phi) is 3.88. The van der Waals surface area contributed by atoms with E-state index in [0.717, 1.165) is 22.6 Å². The van der Waals surface area contributed by atoms with Gasteiger partial charge in [-0.2, -0.15) is 0 Å². The minimum atomic E-state index is -4.82. The SMILES string of the molecule is Cc1cnccc1N1C(=O)N(c2ccc(OC(F)(F)F)cc2)C(=O)C12CC2C. The molecule has 1 spiro atoms. The van der Waals surface area contributed by atoms with E-state index in [2.05, 4.69) is 9.72 Å². The fourth-order valence-corrected chi connectivity index (χ4v) is 3.72. The summed E-state index contributed by atoms with van der Waals surface area (Å²) >= 11 is 0. The number of hydrogen-bond donors (Lipinski definition) is 0. The zero-order valence-electron chi connectivity index (χ0n) is 15.0. The Bertz CT molecular complexity index is 961. The monoisotopic (exact) mass is 391 g/mol. The van der Waals surface area contributed by atoms with Crippen LogP contribution >= 0.6 is 0 Å². The molecule has 2 aromatic rings. The van der Waals surface area contributed by atoms with Crippen LogP contribution in [0.4, 0.5) is 29.3 Å². The van der Waals surface area contributed by atoms with Crippen LogP contribution in [0.15, 0.2) is 42.7 Å². The maximum Gasteiger partial charge on any atom is 0.573 e. The number of carbonyl (C=O) groups is 2. The predicted octanol–water partition coefficient (Wildman–Crippen LogP) is 4.04. The van der Waals surface area contributed by atoms with E-state index in [-0.39, 0.29) is 17.5 Å². The second kappa shape index (κ2) is 5.95. The molecule has 1 saturated heterocycles. The van der Waals surface area contributed by atoms with Crippen molar-refractivity contribution in [2.45, 2.75) is 32.2 Å². The molecule has 1 saturated carbocycles. The topological polar surface area (TPSA) is 62.7 Å². The molecule has 2 heterocycles. The van der Waals surface area contributed by atoms with Crippen LogP contribution in [0.3, 0.4) is 0 Å². The minimum Gasteiger partial charge on any atom is -0.406 e. The van der Waals surface area contributed by atoms with E-state index < -0.39 is 23.7 Å². The Morgan fingerprint density at radius 2 is 1.82 bits per heavy atom. The molecule has 6 nitrogen and oxygen atoms in total. The van der Waals surface area contributed by atoms with Gasteiger partial charge in [-0.15, -0.1) is 13.2 Å². The highest BCUT2D eigenvalue weighted by Crippen LogP contribution is 2.55. The number of hydrogen-bond acceptors (Lipinski definition) is 4. The molecule has 9 heteroatoms. The lowest BCUT2D eigenvalue weighted by atomic mass is 10.1. The van der Waals surface area contributed by atoms with Gasteiger partial charge in [0.15, 0.2) is 0 Å². The largest absolute Gasteiger partial charge is 0.573 e. The molecule has 3 amide bonds. The summed E-state index contributed by atoms with van der Waals surface area (Å²) in [5.41, 5.74) is 0.567. The number of imide groups is 1. The highest BCUT2D eigenvalue weighted by molar-refractivity contribution is 6.32. The van der Waals surface area contributed by atoms with Crippen molar-refractivity contribution in [1.82, 2.24) is 4.98 Å². The van der Waals surface area contributed by atoms with E-state index >= 15 is 0 Å². The fourth-order valence-electron chi connectivity index (χ4n) is 3.72. The van der Waals surface area contributed by atoms with Crippen molar-refractivity contribution in [2.75, 3.05) is 9.80 Å². The molecular weight excluding hydrogens is 375 g/mol. The molecule has 0 radical (unpaired) electrons. The molecule has 0 N–H and O–H groups in total. The smallest absolute Gasteiger partial charge is 0.406 e. The molecule has 1 aromatic carbocycles. The van der Waals surface area contributed by atoms with Crippen LogP contribution in [0.1, 0.15) is 18.9 Å². The van der Waals surface area contributed by atoms with Gasteiger partial charge in [-0.05, 0) is 55.2 Å². The lowest BCUT2D eigenvalue weighted by Gasteiger charge is -2.23. The standard InChI is InChI=1S/C19H16F3N3O3/c1-11-10-23-8-7-15(11)25-17(27)24(16(26)18(25)9-12(18)2)13-3-5-14(6-4-13)28-19(20,21)22/h3-8,10,12H,9H2,1-2H3. The first-order chi connectivity index (χ1) is 13.1. The van der Waals surface area contributed by atoms with Crippen LogP contribution in [-0.4, -0.2) is 28.8 Å². The highest BCUT2D eigenvalue weighted by Gasteiger charge is 2.70. The van der Waals surface area contributed by atoms with Crippen molar-refractivity contribution in [3.63, 3.8) is 0 Å². The summed E-state index contributed by atoms with van der Waals surface area (Å²) in [7, 11) is 0. The summed E-state index contributed by atoms with van der Waals surface area (Å²) in [4.78, 5) is 32.9. The van der Waals surface area contributed by atoms with E-state index in [4.69, 9.17) is 0 Å². The van der Waals surface area contributed by atoms with Gasteiger partial charge in [0.05, 0.1) is 11.4 Å². The van der Waals surface area contributed by atoms with Crippen molar-refractivity contribution < 1.29 is 27.5 Å². The molecule has 2 fully saturated rings. The third-order valence-electron chi connectivity index (χ3n) is 5.19. The second-order valence-electron chi connectivity index (χ2n) is 6.99. The van der Waals surface area contributed by atoms with Crippen LogP contribution in [0.5, 0.6) is 5.75 Å². The molecule has 1 aliphatic carbocycles. The van der Waals surface area contributed by atoms with E-state index in [9.17, 15) is 22.8 Å². The van der Waals surface area contributed by atoms with Crippen molar-refractivity contribution >= 4 is 23.3 Å². The minimum absolute atomic E-state index is 0.0330. The molecule has 28 heavy (non-hydrogen) atoms. The quantitative estimate of drug-likeness (QED) is 0.741. The maximum atomic E-state index is 13.2. The van der Waals surface area contributed by atoms with Crippen molar-refractivity contribution in [2.24, 2.45) is 5.92 Å². The van der Waals surface area contributed by atoms with Gasteiger partial charge in [0.1, 0.15) is 11.3 Å². The third-order valence-corrected chi connectivity index (χ3v) is 5.19. The number of urea groups is 1. The molecule has 1 aliphatic heterocycles. The molecule has 2 atom stereocenters. The van der Waals surface area contributed by atoms with Gasteiger partial charge in [-0.1, -0.05) is 6.92 Å². The van der Waals surface area contributed by atoms with Gasteiger partial charge in [0, 0.05) is 12.4 Å². The molecule has 4 rings (SSSR count). The Morgan fingerprint density at radius 3 is 2.36 bits per heavy atom. The van der Waals surface area contributed by atoms with Crippen LogP contribution in [0, 0.1) is 12.8 Å². The van der Waals surface area contributed by atoms with E-state index in [0.29, 0.717) is 12.1 Å². The van der Waals surface area contributed by atoms with Crippen molar-refractivity contribution in [1.29, 1.82) is 0 Å². The first-order valence-electron chi connectivity index (χ1n) is 8.60. The Hall–Kier alpha value is -3.10. The third kappa shape index (κ3) is 2.69. The van der Waals surface area contributed by atoms with E-state index in [1.165, 1.54) is 17.0 Å². The average molecular weight is 391 g/mol. The number of halogens is 3. The Balaban J connectivity index is 1.71. The number of anilines is 2. The number of nitrogens with zero attached hydrogens (tertiary/aromatic N) is 3. The van der Waals surface area contributed by atoms with Crippen LogP contribution < -0.4 is 14.5 Å². The molecule has 146 valence electrons. The number of aromatic nitrogens is 1. The predicted molar refractivity (Wildman–Crippen MR) is 94.0 cm³/mol. The summed E-state index contributed by atoms with van der Waals surface area (Å²) in [6.07, 6.45) is -1.14. The summed E-state index contributed by atoms with van der Waals surface area (Å²) < 4.78 is 40.9.